The molecule has 2 heterocycles. The molecular formula is C17H28N2O4P+. The number of hydrogen-bond acceptors (Lipinski definition) is 6. The molecule has 2 aliphatic rings. The predicted molar refractivity (Wildman–Crippen MR) is 96.8 cm³/mol. The van der Waals surface area contributed by atoms with Crippen LogP contribution in [-0.4, -0.2) is 82.8 Å². The molecule has 3 rings (SSSR count). The molecule has 24 heavy (non-hydrogen) atoms. The van der Waals surface area contributed by atoms with Crippen molar-refractivity contribution in [3.05, 3.63) is 18.2 Å². The van der Waals surface area contributed by atoms with Gasteiger partial charge in [-0.3, -0.25) is 0 Å². The second-order valence-electron chi connectivity index (χ2n) is 6.08. The van der Waals surface area contributed by atoms with E-state index in [9.17, 15) is 0 Å². The molecule has 0 N–H and O–H groups in total. The van der Waals surface area contributed by atoms with Crippen LogP contribution < -0.4 is 14.8 Å². The van der Waals surface area contributed by atoms with E-state index in [4.69, 9.17) is 18.9 Å². The van der Waals surface area contributed by atoms with Crippen LogP contribution in [0.3, 0.4) is 0 Å². The van der Waals surface area contributed by atoms with Gasteiger partial charge in [-0.2, -0.15) is 9.34 Å². The Hall–Kier alpha value is -0.910. The van der Waals surface area contributed by atoms with Gasteiger partial charge in [0.1, 0.15) is 5.75 Å². The van der Waals surface area contributed by atoms with Crippen LogP contribution in [0.25, 0.3) is 0 Å². The lowest BCUT2D eigenvalue weighted by molar-refractivity contribution is 0.0569. The van der Waals surface area contributed by atoms with E-state index in [1.54, 1.807) is 14.2 Å². The zero-order chi connectivity index (χ0) is 17.0. The first-order valence-electron chi connectivity index (χ1n) is 8.45. The molecule has 0 saturated carbocycles. The number of benzene rings is 1. The van der Waals surface area contributed by atoms with Crippen LogP contribution in [0.1, 0.15) is 0 Å². The summed E-state index contributed by atoms with van der Waals surface area (Å²) in [6.07, 6.45) is 0. The number of nitrogens with zero attached hydrogens (tertiary/aromatic N) is 2. The molecule has 0 radical (unpaired) electrons. The second-order valence-corrected chi connectivity index (χ2v) is 9.52. The van der Waals surface area contributed by atoms with Crippen LogP contribution in [0.4, 0.5) is 0 Å². The van der Waals surface area contributed by atoms with Gasteiger partial charge in [-0.25, -0.2) is 0 Å². The highest BCUT2D eigenvalue weighted by atomic mass is 31.2. The molecule has 0 aromatic heterocycles. The number of hydrogen-bond donors (Lipinski definition) is 0. The molecule has 0 spiro atoms. The molecule has 0 aliphatic carbocycles. The van der Waals surface area contributed by atoms with Crippen molar-refractivity contribution in [1.29, 1.82) is 0 Å². The molecule has 2 aliphatic heterocycles. The summed E-state index contributed by atoms with van der Waals surface area (Å²) >= 11 is 0. The van der Waals surface area contributed by atoms with Gasteiger partial charge in [0.05, 0.1) is 73.5 Å². The van der Waals surface area contributed by atoms with Crippen molar-refractivity contribution in [3.63, 3.8) is 0 Å². The summed E-state index contributed by atoms with van der Waals surface area (Å²) < 4.78 is 27.5. The van der Waals surface area contributed by atoms with Gasteiger partial charge >= 0.3 is 0 Å². The summed E-state index contributed by atoms with van der Waals surface area (Å²) in [7, 11) is 1.69. The Morgan fingerprint density at radius 1 is 0.875 bits per heavy atom. The van der Waals surface area contributed by atoms with Gasteiger partial charge in [0.15, 0.2) is 18.6 Å². The Labute approximate surface area is 145 Å². The Morgan fingerprint density at radius 2 is 1.42 bits per heavy atom. The van der Waals surface area contributed by atoms with Crippen LogP contribution in [0, 0.1) is 0 Å². The molecule has 1 aromatic carbocycles. The summed E-state index contributed by atoms with van der Waals surface area (Å²) in [6.45, 7) is 9.38. The quantitative estimate of drug-likeness (QED) is 0.746. The third-order valence-electron chi connectivity index (χ3n) is 4.92. The number of methoxy groups -OCH3 is 2. The zero-order valence-corrected chi connectivity index (χ0v) is 15.8. The van der Waals surface area contributed by atoms with Crippen LogP contribution in [0.15, 0.2) is 18.2 Å². The van der Waals surface area contributed by atoms with Crippen molar-refractivity contribution in [2.75, 3.05) is 73.5 Å². The van der Waals surface area contributed by atoms with E-state index in [2.05, 4.69) is 22.1 Å². The van der Waals surface area contributed by atoms with Crippen molar-refractivity contribution in [1.82, 2.24) is 9.34 Å². The van der Waals surface area contributed by atoms with Crippen molar-refractivity contribution in [2.24, 2.45) is 0 Å². The number of morpholine rings is 2. The normalized spacial score (nSPS) is 20.8. The fraction of sp³-hybridized carbons (Fsp3) is 0.647. The molecule has 7 heteroatoms. The van der Waals surface area contributed by atoms with E-state index in [0.717, 1.165) is 64.1 Å². The van der Waals surface area contributed by atoms with Gasteiger partial charge in [0.2, 0.25) is 0 Å². The largest absolute Gasteiger partial charge is 0.497 e. The fourth-order valence-corrected chi connectivity index (χ4v) is 7.29. The van der Waals surface area contributed by atoms with Crippen LogP contribution in [0.5, 0.6) is 11.5 Å². The maximum atomic E-state index is 5.75. The van der Waals surface area contributed by atoms with Gasteiger partial charge in [-0.15, -0.1) is 0 Å². The molecular weight excluding hydrogens is 327 g/mol. The molecule has 0 bridgehead atoms. The van der Waals surface area contributed by atoms with Gasteiger partial charge in [0, 0.05) is 6.07 Å². The van der Waals surface area contributed by atoms with Crippen molar-refractivity contribution in [3.8, 4) is 11.5 Å². The topological polar surface area (TPSA) is 43.4 Å². The number of rotatable bonds is 5. The van der Waals surface area contributed by atoms with E-state index >= 15 is 0 Å². The summed E-state index contributed by atoms with van der Waals surface area (Å²) in [6, 6.07) is 6.21. The molecule has 134 valence electrons. The van der Waals surface area contributed by atoms with Crippen molar-refractivity contribution < 1.29 is 18.9 Å². The standard InChI is InChI=1S/C17H28N2O4P/c1-20-15-4-5-17(16(14-15)21-2)24(3,18-6-10-22-11-7-18)19-8-12-23-13-9-19/h4-5,14H,6-13H2,1-3H3/q+1. The SMILES string of the molecule is COc1ccc([P+](C)(N2CCOCC2)N2CCOCC2)c(OC)c1. The molecule has 6 nitrogen and oxygen atoms in total. The van der Waals surface area contributed by atoms with E-state index in [0.29, 0.717) is 0 Å². The average molecular weight is 355 g/mol. The first kappa shape index (κ1) is 17.9. The van der Waals surface area contributed by atoms with E-state index in [-0.39, 0.29) is 0 Å². The fourth-order valence-electron chi connectivity index (χ4n) is 3.50. The molecule has 0 unspecified atom stereocenters. The van der Waals surface area contributed by atoms with Gasteiger partial charge in [-0.05, 0) is 12.1 Å². The first-order chi connectivity index (χ1) is 11.7. The average Bonchev–Trinajstić information content (AvgIpc) is 2.68. The van der Waals surface area contributed by atoms with Gasteiger partial charge < -0.3 is 18.9 Å². The summed E-state index contributed by atoms with van der Waals surface area (Å²) in [5.74, 6) is 1.73. The van der Waals surface area contributed by atoms with Gasteiger partial charge in [0.25, 0.3) is 0 Å². The summed E-state index contributed by atoms with van der Waals surface area (Å²) in [4.78, 5) is 0. The van der Waals surface area contributed by atoms with Crippen LogP contribution in [0.2, 0.25) is 0 Å². The van der Waals surface area contributed by atoms with Crippen molar-refractivity contribution >= 4 is 12.9 Å². The number of ether oxygens (including phenoxy) is 4. The predicted octanol–water partition coefficient (Wildman–Crippen LogP) is 1.47. The Bertz CT molecular complexity index is 527. The molecule has 1 aromatic rings. The maximum Gasteiger partial charge on any atom is 0.187 e. The third-order valence-corrected chi connectivity index (χ3v) is 9.20. The molecule has 2 saturated heterocycles. The van der Waals surface area contributed by atoms with E-state index < -0.39 is 7.56 Å². The Kier molecular flexibility index (Phi) is 5.95. The van der Waals surface area contributed by atoms with Gasteiger partial charge in [-0.1, -0.05) is 0 Å². The molecule has 0 atom stereocenters. The highest BCUT2D eigenvalue weighted by Gasteiger charge is 2.51. The monoisotopic (exact) mass is 355 g/mol. The summed E-state index contributed by atoms with van der Waals surface area (Å²) in [5, 5.41) is 1.27. The lowest BCUT2D eigenvalue weighted by atomic mass is 10.3. The third kappa shape index (κ3) is 3.39. The van der Waals surface area contributed by atoms with E-state index in [1.807, 2.05) is 12.1 Å². The summed E-state index contributed by atoms with van der Waals surface area (Å²) in [5.41, 5.74) is 0. The minimum absolute atomic E-state index is 0.790. The smallest absolute Gasteiger partial charge is 0.187 e. The lowest BCUT2D eigenvalue weighted by Crippen LogP contribution is -2.49. The highest BCUT2D eigenvalue weighted by molar-refractivity contribution is 7.78. The van der Waals surface area contributed by atoms with Crippen molar-refractivity contribution in [2.45, 2.75) is 0 Å². The Morgan fingerprint density at radius 3 is 1.88 bits per heavy atom. The minimum Gasteiger partial charge on any atom is -0.497 e. The zero-order valence-electron chi connectivity index (χ0n) is 14.9. The lowest BCUT2D eigenvalue weighted by Gasteiger charge is -2.43. The van der Waals surface area contributed by atoms with Crippen LogP contribution in [-0.2, 0) is 9.47 Å². The first-order valence-corrected chi connectivity index (χ1v) is 10.6. The maximum absolute atomic E-state index is 5.75. The molecule has 0 amide bonds. The second kappa shape index (κ2) is 7.98. The highest BCUT2D eigenvalue weighted by Crippen LogP contribution is 2.62. The Balaban J connectivity index is 2.03. The molecule has 2 fully saturated rings. The van der Waals surface area contributed by atoms with E-state index in [1.165, 1.54) is 5.30 Å². The van der Waals surface area contributed by atoms with Crippen LogP contribution >= 0.6 is 7.56 Å². The minimum atomic E-state index is -1.73.